The van der Waals surface area contributed by atoms with Crippen LogP contribution in [0.15, 0.2) is 12.1 Å². The summed E-state index contributed by atoms with van der Waals surface area (Å²) in [5.74, 6) is 0.597. The van der Waals surface area contributed by atoms with Crippen LogP contribution in [-0.2, 0) is 0 Å². The lowest BCUT2D eigenvalue weighted by Crippen LogP contribution is -2.12. The number of aryl methyl sites for hydroxylation is 2. The number of benzene rings is 1. The van der Waals surface area contributed by atoms with E-state index < -0.39 is 0 Å². The van der Waals surface area contributed by atoms with Crippen LogP contribution in [0.25, 0.3) is 0 Å². The molecule has 0 aliphatic rings. The van der Waals surface area contributed by atoms with Gasteiger partial charge in [-0.2, -0.15) is 0 Å². The van der Waals surface area contributed by atoms with Gasteiger partial charge in [-0.25, -0.2) is 0 Å². The lowest BCUT2D eigenvalue weighted by Gasteiger charge is -2.25. The number of alkyl halides is 1. The fourth-order valence-electron chi connectivity index (χ4n) is 2.65. The number of halogens is 2. The van der Waals surface area contributed by atoms with E-state index in [1.54, 1.807) is 0 Å². The molecule has 0 saturated carbocycles. The largest absolute Gasteiger partial charge is 0.118 e. The lowest BCUT2D eigenvalue weighted by molar-refractivity contribution is 0.295. The van der Waals surface area contributed by atoms with E-state index in [9.17, 15) is 0 Å². The van der Waals surface area contributed by atoms with Crippen molar-refractivity contribution < 1.29 is 0 Å². The average Bonchev–Trinajstić information content (AvgIpc) is 2.20. The third-order valence-corrected chi connectivity index (χ3v) is 4.26. The summed E-state index contributed by atoms with van der Waals surface area (Å²) in [4.78, 5) is 0. The smallest absolute Gasteiger partial charge is 0.0602 e. The van der Waals surface area contributed by atoms with Gasteiger partial charge < -0.3 is 0 Å². The van der Waals surface area contributed by atoms with Crippen molar-refractivity contribution in [3.8, 4) is 0 Å². The molecular formula is C17H26Cl2. The van der Waals surface area contributed by atoms with Crippen LogP contribution in [0.1, 0.15) is 62.6 Å². The molecule has 1 aromatic carbocycles. The Balaban J connectivity index is 2.78. The van der Waals surface area contributed by atoms with E-state index in [4.69, 9.17) is 23.2 Å². The maximum absolute atomic E-state index is 6.58. The van der Waals surface area contributed by atoms with Crippen LogP contribution in [0, 0.1) is 25.2 Å². The quantitative estimate of drug-likeness (QED) is 0.543. The first-order chi connectivity index (χ1) is 8.60. The molecule has 19 heavy (non-hydrogen) atoms. The molecule has 0 aromatic heterocycles. The van der Waals surface area contributed by atoms with E-state index >= 15 is 0 Å². The number of hydrogen-bond donors (Lipinski definition) is 0. The molecule has 0 fully saturated rings. The van der Waals surface area contributed by atoms with Gasteiger partial charge >= 0.3 is 0 Å². The zero-order valence-electron chi connectivity index (χ0n) is 13.0. The van der Waals surface area contributed by atoms with E-state index in [1.807, 2.05) is 6.07 Å². The molecule has 0 N–H and O–H groups in total. The monoisotopic (exact) mass is 300 g/mol. The molecule has 1 rings (SSSR count). The van der Waals surface area contributed by atoms with Gasteiger partial charge in [-0.15, -0.1) is 11.6 Å². The minimum absolute atomic E-state index is 0.00384. The van der Waals surface area contributed by atoms with Crippen LogP contribution in [-0.4, -0.2) is 0 Å². The normalized spacial score (nSPS) is 15.4. The second-order valence-corrected chi connectivity index (χ2v) is 7.97. The molecular weight excluding hydrogens is 275 g/mol. The van der Waals surface area contributed by atoms with Crippen molar-refractivity contribution in [3.63, 3.8) is 0 Å². The van der Waals surface area contributed by atoms with Crippen molar-refractivity contribution in [2.75, 3.05) is 0 Å². The van der Waals surface area contributed by atoms with Gasteiger partial charge in [-0.05, 0) is 60.8 Å². The fourth-order valence-corrected chi connectivity index (χ4v) is 3.54. The Kier molecular flexibility index (Phi) is 5.77. The Labute approximate surface area is 128 Å². The number of rotatable bonds is 4. The Hall–Kier alpha value is -0.200. The number of hydrogen-bond acceptors (Lipinski definition) is 0. The molecule has 0 radical (unpaired) electrons. The second kappa shape index (κ2) is 6.50. The van der Waals surface area contributed by atoms with Crippen LogP contribution in [0.5, 0.6) is 0 Å². The molecule has 0 amide bonds. The van der Waals surface area contributed by atoms with Gasteiger partial charge in [-0.1, -0.05) is 45.4 Å². The minimum Gasteiger partial charge on any atom is -0.118 e. The molecule has 0 aliphatic carbocycles. The summed E-state index contributed by atoms with van der Waals surface area (Å²) in [6.45, 7) is 13.3. The highest BCUT2D eigenvalue weighted by Crippen LogP contribution is 2.37. The average molecular weight is 301 g/mol. The molecule has 0 bridgehead atoms. The van der Waals surface area contributed by atoms with Gasteiger partial charge in [-0.3, -0.25) is 0 Å². The zero-order chi connectivity index (χ0) is 14.8. The zero-order valence-corrected chi connectivity index (χ0v) is 14.5. The third kappa shape index (κ3) is 5.36. The van der Waals surface area contributed by atoms with E-state index in [1.165, 1.54) is 17.5 Å². The maximum Gasteiger partial charge on any atom is 0.0602 e. The van der Waals surface area contributed by atoms with Gasteiger partial charge in [0.05, 0.1) is 5.38 Å². The van der Waals surface area contributed by atoms with Crippen molar-refractivity contribution >= 4 is 23.2 Å². The molecule has 2 atom stereocenters. The van der Waals surface area contributed by atoms with Gasteiger partial charge in [0, 0.05) is 5.02 Å². The van der Waals surface area contributed by atoms with E-state index in [2.05, 4.69) is 47.6 Å². The molecule has 1 aromatic rings. The Morgan fingerprint density at radius 1 is 1.11 bits per heavy atom. The van der Waals surface area contributed by atoms with Crippen LogP contribution in [0.4, 0.5) is 0 Å². The van der Waals surface area contributed by atoms with Crippen LogP contribution >= 0.6 is 23.2 Å². The predicted octanol–water partition coefficient (Wildman–Crippen LogP) is 6.70. The maximum atomic E-state index is 6.58. The Morgan fingerprint density at radius 3 is 2.16 bits per heavy atom. The molecule has 0 nitrogen and oxygen atoms in total. The van der Waals surface area contributed by atoms with Crippen molar-refractivity contribution in [2.24, 2.45) is 11.3 Å². The summed E-state index contributed by atoms with van der Waals surface area (Å²) in [5, 5.41) is 0.801. The second-order valence-electron chi connectivity index (χ2n) is 7.03. The summed E-state index contributed by atoms with van der Waals surface area (Å²) < 4.78 is 0. The van der Waals surface area contributed by atoms with Crippen molar-refractivity contribution in [3.05, 3.63) is 33.8 Å². The molecule has 0 aliphatic heterocycles. The summed E-state index contributed by atoms with van der Waals surface area (Å²) in [6.07, 6.45) is 2.15. The molecule has 2 heteroatoms. The molecule has 2 unspecified atom stereocenters. The Bertz CT molecular complexity index is 430. The standard InChI is InChI=1S/C17H26Cl2/c1-11(10-17(4,5)6)7-15(18)14-8-12(2)13(3)9-16(14)19/h8-9,11,15H,7,10H2,1-6H3. The Morgan fingerprint density at radius 2 is 1.63 bits per heavy atom. The summed E-state index contributed by atoms with van der Waals surface area (Å²) in [7, 11) is 0. The minimum atomic E-state index is 0.00384. The summed E-state index contributed by atoms with van der Waals surface area (Å²) in [6, 6.07) is 4.16. The highest BCUT2D eigenvalue weighted by Gasteiger charge is 2.20. The van der Waals surface area contributed by atoms with Gasteiger partial charge in [0.15, 0.2) is 0 Å². The SMILES string of the molecule is Cc1cc(Cl)c(C(Cl)CC(C)CC(C)(C)C)cc1C. The first-order valence-corrected chi connectivity index (χ1v) is 7.82. The first-order valence-electron chi connectivity index (χ1n) is 7.01. The van der Waals surface area contributed by atoms with Crippen molar-refractivity contribution in [1.82, 2.24) is 0 Å². The van der Waals surface area contributed by atoms with E-state index in [-0.39, 0.29) is 5.38 Å². The van der Waals surface area contributed by atoms with Crippen LogP contribution < -0.4 is 0 Å². The van der Waals surface area contributed by atoms with Gasteiger partial charge in [0.25, 0.3) is 0 Å². The van der Waals surface area contributed by atoms with Gasteiger partial charge in [0.1, 0.15) is 0 Å². The predicted molar refractivity (Wildman–Crippen MR) is 87.4 cm³/mol. The van der Waals surface area contributed by atoms with E-state index in [0.717, 1.165) is 17.0 Å². The van der Waals surface area contributed by atoms with Crippen LogP contribution in [0.2, 0.25) is 5.02 Å². The first kappa shape index (κ1) is 16.9. The molecule has 0 heterocycles. The lowest BCUT2D eigenvalue weighted by atomic mass is 9.83. The topological polar surface area (TPSA) is 0 Å². The highest BCUT2D eigenvalue weighted by atomic mass is 35.5. The van der Waals surface area contributed by atoms with Gasteiger partial charge in [0.2, 0.25) is 0 Å². The summed E-state index contributed by atoms with van der Waals surface area (Å²) >= 11 is 12.9. The molecule has 108 valence electrons. The van der Waals surface area contributed by atoms with Crippen LogP contribution in [0.3, 0.4) is 0 Å². The van der Waals surface area contributed by atoms with Crippen molar-refractivity contribution in [2.45, 2.75) is 59.8 Å². The molecule has 0 spiro atoms. The highest BCUT2D eigenvalue weighted by molar-refractivity contribution is 6.32. The molecule has 0 saturated heterocycles. The fraction of sp³-hybridized carbons (Fsp3) is 0.647. The van der Waals surface area contributed by atoms with Crippen molar-refractivity contribution in [1.29, 1.82) is 0 Å². The summed E-state index contributed by atoms with van der Waals surface area (Å²) in [5.41, 5.74) is 3.91. The van der Waals surface area contributed by atoms with E-state index in [0.29, 0.717) is 11.3 Å². The third-order valence-electron chi connectivity index (χ3n) is 3.52.